The molecule has 0 aromatic heterocycles. The smallest absolute Gasteiger partial charge is 0.337 e. The number of unbranched alkanes of at least 4 members (excludes halogenated alkanes) is 2. The van der Waals surface area contributed by atoms with Crippen molar-refractivity contribution in [1.29, 1.82) is 0 Å². The Hall–Kier alpha value is -19.3. The van der Waals surface area contributed by atoms with E-state index in [0.29, 0.717) is 91.6 Å². The van der Waals surface area contributed by atoms with Crippen LogP contribution in [0.15, 0.2) is 267 Å². The van der Waals surface area contributed by atoms with Crippen LogP contribution in [0.25, 0.3) is 64.6 Å². The van der Waals surface area contributed by atoms with Gasteiger partial charge in [0.15, 0.2) is 0 Å². The summed E-state index contributed by atoms with van der Waals surface area (Å²) in [7, 11) is 4.52. The molecule has 14 aromatic rings. The number of phenols is 2. The van der Waals surface area contributed by atoms with Gasteiger partial charge in [0.25, 0.3) is 29.5 Å². The van der Waals surface area contributed by atoms with Crippen LogP contribution in [0.3, 0.4) is 0 Å². The molecule has 0 spiro atoms. The molecule has 13 amide bonds. The Morgan fingerprint density at radius 2 is 0.533 bits per heavy atom. The van der Waals surface area contributed by atoms with E-state index in [9.17, 15) is 96.8 Å². The quantitative estimate of drug-likeness (QED) is 0.0135. The number of amides is 13. The van der Waals surface area contributed by atoms with E-state index in [1.807, 2.05) is 97.1 Å². The second kappa shape index (κ2) is 58.5. The number of phenolic OH excluding ortho intramolecular Hbond substituents is 2. The van der Waals surface area contributed by atoms with Crippen molar-refractivity contribution in [3.05, 3.63) is 328 Å². The Balaban J connectivity index is 0.000000224. The van der Waals surface area contributed by atoms with Gasteiger partial charge in [-0.1, -0.05) is 170 Å². The minimum absolute atomic E-state index is 0.0325. The minimum Gasteiger partial charge on any atom is -0.508 e. The van der Waals surface area contributed by atoms with Gasteiger partial charge in [0.1, 0.15) is 11.5 Å². The number of aromatic carboxylic acids is 4. The summed E-state index contributed by atoms with van der Waals surface area (Å²) in [6.07, 6.45) is 3.16. The maximum absolute atomic E-state index is 12.9. The van der Waals surface area contributed by atoms with Crippen molar-refractivity contribution in [3.63, 3.8) is 0 Å². The van der Waals surface area contributed by atoms with Crippen molar-refractivity contribution in [2.24, 2.45) is 28.7 Å². The Kier molecular flexibility index (Phi) is 45.2. The van der Waals surface area contributed by atoms with Crippen LogP contribution in [0.5, 0.6) is 11.5 Å². The lowest BCUT2D eigenvalue weighted by Crippen LogP contribution is -2.42. The van der Waals surface area contributed by atoms with Crippen molar-refractivity contribution >= 4 is 182 Å². The summed E-state index contributed by atoms with van der Waals surface area (Å²) in [5.74, 6) is -9.77. The number of nitrogen functional groups attached to an aromatic ring is 2. The van der Waals surface area contributed by atoms with E-state index in [-0.39, 0.29) is 137 Å². The summed E-state index contributed by atoms with van der Waals surface area (Å²) in [5.41, 5.74) is 41.9. The molecule has 14 rings (SSSR count). The van der Waals surface area contributed by atoms with Gasteiger partial charge in [-0.2, -0.15) is 0 Å². The van der Waals surface area contributed by atoms with Crippen LogP contribution < -0.4 is 98.6 Å². The van der Waals surface area contributed by atoms with Gasteiger partial charge in [-0.15, -0.1) is 0 Å². The van der Waals surface area contributed by atoms with Gasteiger partial charge in [-0.3, -0.25) is 62.3 Å². The summed E-state index contributed by atoms with van der Waals surface area (Å²) in [5, 5.41) is 92.6. The average Bonchev–Trinajstić information content (AvgIpc) is 0.833. The molecule has 2 unspecified atom stereocenters. The van der Waals surface area contributed by atoms with E-state index in [0.717, 1.165) is 65.0 Å². The van der Waals surface area contributed by atoms with Crippen LogP contribution in [-0.4, -0.2) is 217 Å². The van der Waals surface area contributed by atoms with Crippen molar-refractivity contribution in [2.45, 2.75) is 57.0 Å². The molecule has 14 aromatic carbocycles. The highest BCUT2D eigenvalue weighted by molar-refractivity contribution is 6.14. The lowest BCUT2D eigenvalue weighted by Gasteiger charge is -2.14. The van der Waals surface area contributed by atoms with Crippen molar-refractivity contribution in [1.82, 2.24) is 53.2 Å². The Bertz CT molecular complexity index is 7230. The van der Waals surface area contributed by atoms with Crippen LogP contribution in [0.2, 0.25) is 0 Å². The standard InChI is InChI=1S/2C27H31N5O5.C15H14N2O4.C14H15N3O2.C12H8O4.C11H9NO2.C3H8N2O/c28-23(13-17-7-9-20(33)10-8-17)27(37)31-12-4-3-11-30-25(35)21-14-18-5-1-2-6-19(18)15-22(21)26(36)32-16-24(29)34;28-22(13-17-8-10-20(33)11-9-17)27(37)30-12-4-3-7-25(35)32-23-15-19-6-2-1-5-18(19)14-21(23)26(36)31-16-24(29)34;1-16-13(18)8-17-14(19)11-6-9-4-2-3-5-10(9)7-12(11)15(20)21;1-16-13(18)8-17-14(19)11-6-9-4-2-3-5-10(9)7-12(11)15;13-11(14)9-5-7-3-1-2-4-8(7)6-10(9)12(15)16;12-10-6-8-4-2-1-3-7(8)5-9(10)11(13)14;1-5-3(6)2-4/h1-2,5-10,14-15,23,33H,3-4,11-13,16,28H2,(H2,29,34)(H,30,35)(H,31,37)(H,32,36);1-2,5-6,8-11,14-15,22,33H,3-4,7,12-13,16,28H2,(H2,29,34)(H,30,37)(H,31,36)(H,32,35);2-7H,8H2,1H3,(H,16,18)(H,17,19)(H,20,21);2-7H,8,15H2,1H3,(H,16,18)(H,17,19);1-6H,(H,13,14)(H,15,16);1-6H,12H2,(H,13,14);2,4H2,1H3,(H,5,6). The lowest BCUT2D eigenvalue weighted by molar-refractivity contribution is -0.123. The summed E-state index contributed by atoms with van der Waals surface area (Å²) < 4.78 is 0. The molecule has 0 bridgehead atoms. The number of primary amides is 2. The van der Waals surface area contributed by atoms with Crippen LogP contribution in [-0.2, 0) is 51.2 Å². The zero-order chi connectivity index (χ0) is 110. The first-order chi connectivity index (χ1) is 71.7. The highest BCUT2D eigenvalue weighted by Crippen LogP contribution is 2.29. The number of benzene rings is 14. The van der Waals surface area contributed by atoms with Gasteiger partial charge < -0.3 is 129 Å². The maximum atomic E-state index is 12.9. The third-order valence-electron chi connectivity index (χ3n) is 22.3. The van der Waals surface area contributed by atoms with Crippen LogP contribution >= 0.6 is 0 Å². The monoisotopic (exact) mass is 2040 g/mol. The van der Waals surface area contributed by atoms with E-state index in [1.165, 1.54) is 38.4 Å². The van der Waals surface area contributed by atoms with Crippen molar-refractivity contribution in [3.8, 4) is 11.5 Å². The molecule has 41 heteroatoms. The van der Waals surface area contributed by atoms with Crippen LogP contribution in [0.1, 0.15) is 136 Å². The van der Waals surface area contributed by atoms with Crippen molar-refractivity contribution < 1.29 is 112 Å². The number of hydrogen-bond donors (Lipinski definition) is 24. The SMILES string of the molecule is CNC(=O)CN.CNC(=O)CNC(=O)c1cc2ccccc2cc1C(=O)O.CNC(=O)CNC(=O)c1cc2ccccc2cc1N.NC(=O)CNC(=O)c1cc2ccccc2cc1C(=O)NCCCCNC(=O)C(N)Cc1ccc(O)cc1.NC(=O)CNC(=O)c1cc2ccccc2cc1NC(=O)CCCCNC(=O)C(N)Cc1ccc(O)cc1.Nc1cc2ccccc2cc1C(=O)O.O=C(O)c1cc2ccccc2cc1C(=O)O. The molecule has 0 aliphatic carbocycles. The Morgan fingerprint density at radius 1 is 0.280 bits per heavy atom. The van der Waals surface area contributed by atoms with Crippen molar-refractivity contribution in [2.75, 3.05) is 90.3 Å². The van der Waals surface area contributed by atoms with E-state index in [2.05, 4.69) is 58.5 Å². The molecule has 31 N–H and O–H groups in total. The number of anilines is 3. The predicted molar refractivity (Wildman–Crippen MR) is 569 cm³/mol. The highest BCUT2D eigenvalue weighted by atomic mass is 16.4. The second-order valence-electron chi connectivity index (χ2n) is 33.2. The lowest BCUT2D eigenvalue weighted by atomic mass is 9.99. The second-order valence-corrected chi connectivity index (χ2v) is 33.2. The van der Waals surface area contributed by atoms with E-state index in [4.69, 9.17) is 55.5 Å². The first-order valence-corrected chi connectivity index (χ1v) is 46.5. The molecule has 41 nitrogen and oxygen atoms in total. The highest BCUT2D eigenvalue weighted by Gasteiger charge is 2.25. The van der Waals surface area contributed by atoms with Crippen LogP contribution in [0, 0.1) is 0 Å². The van der Waals surface area contributed by atoms with Gasteiger partial charge >= 0.3 is 23.9 Å². The number of fused-ring (bicyclic) bond motifs is 6. The molecule has 0 aliphatic heterocycles. The zero-order valence-corrected chi connectivity index (χ0v) is 81.8. The van der Waals surface area contributed by atoms with E-state index >= 15 is 0 Å². The fraction of sp³-hybridized carbons (Fsp3) is 0.183. The third-order valence-corrected chi connectivity index (χ3v) is 22.3. The fourth-order valence-corrected chi connectivity index (χ4v) is 14.4. The molecule has 0 aliphatic rings. The van der Waals surface area contributed by atoms with Gasteiger partial charge in [0.05, 0.1) is 101 Å². The zero-order valence-electron chi connectivity index (χ0n) is 81.8. The first kappa shape index (κ1) is 116. The molecule has 150 heavy (non-hydrogen) atoms. The summed E-state index contributed by atoms with van der Waals surface area (Å²) in [4.78, 5) is 197. The average molecular weight is 2050 g/mol. The first-order valence-electron chi connectivity index (χ1n) is 46.5. The minimum atomic E-state index is -1.23. The number of aromatic hydroxyl groups is 2. The van der Waals surface area contributed by atoms with Gasteiger partial charge in [0, 0.05) is 58.6 Å². The summed E-state index contributed by atoms with van der Waals surface area (Å²) >= 11 is 0. The normalized spacial score (nSPS) is 10.7. The number of carboxylic acids is 4. The molecular weight excluding hydrogens is 1930 g/mol. The summed E-state index contributed by atoms with van der Waals surface area (Å²) in [6, 6.07) is 74.7. The maximum Gasteiger partial charge on any atom is 0.337 e. The van der Waals surface area contributed by atoms with Gasteiger partial charge in [-0.25, -0.2) is 19.2 Å². The number of hydrogen-bond acceptors (Lipinski definition) is 24. The Labute approximate surface area is 858 Å². The third kappa shape index (κ3) is 36.5. The molecule has 0 saturated carbocycles. The summed E-state index contributed by atoms with van der Waals surface area (Å²) in [6.45, 7) is 0.254. The predicted octanol–water partition coefficient (Wildman–Crippen LogP) is 7.47. The van der Waals surface area contributed by atoms with E-state index in [1.54, 1.807) is 153 Å². The molecule has 0 fully saturated rings. The topological polar surface area (TPSA) is 726 Å². The molecular formula is C109H116N18O23. The Morgan fingerprint density at radius 3 is 0.853 bits per heavy atom. The number of carboxylic acid groups (broad SMARTS) is 4. The molecule has 0 heterocycles. The number of likely N-dealkylation sites (N-methyl/N-ethyl adjacent to an activating group) is 3. The molecule has 0 saturated heterocycles. The number of rotatable bonds is 35. The number of carbonyl (C=O) groups is 17. The number of nitrogens with one attached hydrogen (secondary N) is 11. The molecule has 0 radical (unpaired) electrons. The fourth-order valence-electron chi connectivity index (χ4n) is 14.4. The largest absolute Gasteiger partial charge is 0.508 e. The number of nitrogens with two attached hydrogens (primary N) is 7. The molecule has 2 atom stereocenters. The van der Waals surface area contributed by atoms with Crippen LogP contribution in [0.4, 0.5) is 17.1 Å². The van der Waals surface area contributed by atoms with Gasteiger partial charge in [-0.05, 0) is 211 Å². The van der Waals surface area contributed by atoms with E-state index < -0.39 is 71.4 Å². The number of carbonyl (C=O) groups excluding carboxylic acids is 13. The van der Waals surface area contributed by atoms with Gasteiger partial charge in [0.2, 0.25) is 47.3 Å². The molecule has 780 valence electrons.